The summed E-state index contributed by atoms with van der Waals surface area (Å²) in [6, 6.07) is 6.44. The Morgan fingerprint density at radius 1 is 0.968 bits per heavy atom. The van der Waals surface area contributed by atoms with Crippen molar-refractivity contribution in [1.82, 2.24) is 4.90 Å². The first-order chi connectivity index (χ1) is 14.4. The van der Waals surface area contributed by atoms with Gasteiger partial charge in [-0.1, -0.05) is 39.8 Å². The van der Waals surface area contributed by atoms with Gasteiger partial charge >= 0.3 is 0 Å². The lowest BCUT2D eigenvalue weighted by molar-refractivity contribution is -0.384. The molecule has 0 saturated carbocycles. The van der Waals surface area contributed by atoms with Crippen LogP contribution in [0.25, 0.3) is 0 Å². The summed E-state index contributed by atoms with van der Waals surface area (Å²) in [7, 11) is 0. The Kier molecular flexibility index (Phi) is 4.95. The second kappa shape index (κ2) is 7.14. The summed E-state index contributed by atoms with van der Waals surface area (Å²) in [5, 5.41) is 11.4. The maximum Gasteiger partial charge on any atom is 0.269 e. The lowest BCUT2D eigenvalue weighted by Crippen LogP contribution is -2.44. The van der Waals surface area contributed by atoms with Crippen LogP contribution < -0.4 is 0 Å². The highest BCUT2D eigenvalue weighted by atomic mass is 16.6. The molecule has 2 aliphatic carbocycles. The first-order valence-electron chi connectivity index (χ1n) is 11.0. The standard InChI is InChI=1S/C25H30N2O4/c1-6-26-17-11-24(2,3)13-19(28)22(17)21(15-8-7-9-16(10-15)27(30)31)23-18(26)12-25(4,5)14-20(23)29/h7-10,21H,6,11-14H2,1-5H3. The van der Waals surface area contributed by atoms with Crippen molar-refractivity contribution in [2.24, 2.45) is 10.8 Å². The van der Waals surface area contributed by atoms with Crippen LogP contribution >= 0.6 is 0 Å². The van der Waals surface area contributed by atoms with Gasteiger partial charge in [0.1, 0.15) is 0 Å². The van der Waals surface area contributed by atoms with Crippen LogP contribution in [0.5, 0.6) is 0 Å². The largest absolute Gasteiger partial charge is 0.348 e. The summed E-state index contributed by atoms with van der Waals surface area (Å²) < 4.78 is 0. The number of benzene rings is 1. The third kappa shape index (κ3) is 3.62. The number of hydrogen-bond donors (Lipinski definition) is 0. The molecule has 6 nitrogen and oxygen atoms in total. The van der Waals surface area contributed by atoms with Gasteiger partial charge in [-0.15, -0.1) is 0 Å². The van der Waals surface area contributed by atoms with E-state index in [1.807, 2.05) is 6.07 Å². The summed E-state index contributed by atoms with van der Waals surface area (Å²) in [5.74, 6) is -0.435. The number of carbonyl (C=O) groups excluding carboxylic acids is 2. The number of rotatable bonds is 3. The van der Waals surface area contributed by atoms with Gasteiger partial charge in [-0.2, -0.15) is 0 Å². The van der Waals surface area contributed by atoms with E-state index < -0.39 is 10.8 Å². The van der Waals surface area contributed by atoms with Crippen LogP contribution in [0.2, 0.25) is 0 Å². The molecule has 3 aliphatic rings. The number of nitrogens with zero attached hydrogens (tertiary/aromatic N) is 2. The first kappa shape index (κ1) is 21.5. The Morgan fingerprint density at radius 2 is 1.48 bits per heavy atom. The minimum absolute atomic E-state index is 0.0214. The third-order valence-electron chi connectivity index (χ3n) is 6.75. The average molecular weight is 423 g/mol. The Bertz CT molecular complexity index is 1010. The van der Waals surface area contributed by atoms with Crippen molar-refractivity contribution in [3.05, 3.63) is 62.5 Å². The number of ketones is 2. The fraction of sp³-hybridized carbons (Fsp3) is 0.520. The molecule has 0 unspecified atom stereocenters. The molecule has 0 amide bonds. The highest BCUT2D eigenvalue weighted by Crippen LogP contribution is 2.54. The fourth-order valence-corrected chi connectivity index (χ4v) is 5.58. The molecule has 1 heterocycles. The molecule has 0 radical (unpaired) electrons. The van der Waals surface area contributed by atoms with E-state index >= 15 is 0 Å². The van der Waals surface area contributed by atoms with Crippen LogP contribution in [0.4, 0.5) is 5.69 Å². The molecule has 0 atom stereocenters. The number of allylic oxidation sites excluding steroid dienone is 4. The summed E-state index contributed by atoms with van der Waals surface area (Å²) in [6.45, 7) is 11.2. The van der Waals surface area contributed by atoms with Crippen molar-refractivity contribution < 1.29 is 14.5 Å². The molecule has 0 fully saturated rings. The first-order valence-corrected chi connectivity index (χ1v) is 11.0. The van der Waals surface area contributed by atoms with Crippen molar-refractivity contribution in [1.29, 1.82) is 0 Å². The Morgan fingerprint density at radius 3 is 1.94 bits per heavy atom. The minimum atomic E-state index is -0.528. The van der Waals surface area contributed by atoms with Crippen LogP contribution in [-0.2, 0) is 9.59 Å². The Balaban J connectivity index is 2.00. The monoisotopic (exact) mass is 422 g/mol. The topological polar surface area (TPSA) is 80.5 Å². The summed E-state index contributed by atoms with van der Waals surface area (Å²) in [6.07, 6.45) is 2.33. The van der Waals surface area contributed by atoms with Crippen LogP contribution in [0.15, 0.2) is 46.8 Å². The zero-order chi connectivity index (χ0) is 22.7. The third-order valence-corrected chi connectivity index (χ3v) is 6.75. The van der Waals surface area contributed by atoms with Crippen molar-refractivity contribution in [3.8, 4) is 0 Å². The number of nitro benzene ring substituents is 1. The molecule has 0 bridgehead atoms. The van der Waals surface area contributed by atoms with Gasteiger partial charge in [-0.3, -0.25) is 19.7 Å². The maximum absolute atomic E-state index is 13.5. The smallest absolute Gasteiger partial charge is 0.269 e. The van der Waals surface area contributed by atoms with E-state index in [1.165, 1.54) is 12.1 Å². The molecule has 0 aromatic heterocycles. The average Bonchev–Trinajstić information content (AvgIpc) is 2.64. The van der Waals surface area contributed by atoms with Crippen LogP contribution in [0.3, 0.4) is 0 Å². The highest BCUT2D eigenvalue weighted by Gasteiger charge is 2.48. The normalized spacial score (nSPS) is 23.1. The van der Waals surface area contributed by atoms with Crippen molar-refractivity contribution in [2.75, 3.05) is 6.54 Å². The molecular formula is C25H30N2O4. The van der Waals surface area contributed by atoms with E-state index in [0.29, 0.717) is 36.1 Å². The quantitative estimate of drug-likeness (QED) is 0.488. The fourth-order valence-electron chi connectivity index (χ4n) is 5.58. The number of hydrogen-bond acceptors (Lipinski definition) is 5. The van der Waals surface area contributed by atoms with Gasteiger partial charge in [0, 0.05) is 60.0 Å². The molecule has 1 aromatic rings. The molecule has 0 spiro atoms. The Hall–Kier alpha value is -2.76. The summed E-state index contributed by atoms with van der Waals surface area (Å²) >= 11 is 0. The molecule has 6 heteroatoms. The minimum Gasteiger partial charge on any atom is -0.348 e. The number of nitro groups is 1. The van der Waals surface area contributed by atoms with Gasteiger partial charge in [-0.05, 0) is 36.2 Å². The van der Waals surface area contributed by atoms with Crippen molar-refractivity contribution in [2.45, 2.75) is 66.2 Å². The SMILES string of the molecule is CCN1C2=C(C(=O)CC(C)(C)C2)C(c2cccc([N+](=O)[O-])c2)C2=C1CC(C)(C)CC2=O. The molecule has 0 N–H and O–H groups in total. The van der Waals surface area contributed by atoms with E-state index in [2.05, 4.69) is 39.5 Å². The lowest BCUT2D eigenvalue weighted by Gasteiger charge is -2.48. The van der Waals surface area contributed by atoms with Crippen molar-refractivity contribution >= 4 is 17.3 Å². The van der Waals surface area contributed by atoms with E-state index in [-0.39, 0.29) is 28.1 Å². The van der Waals surface area contributed by atoms with Crippen LogP contribution in [0, 0.1) is 20.9 Å². The van der Waals surface area contributed by atoms with E-state index in [0.717, 1.165) is 24.2 Å². The van der Waals surface area contributed by atoms with Gasteiger partial charge in [-0.25, -0.2) is 0 Å². The zero-order valence-electron chi connectivity index (χ0n) is 18.9. The van der Waals surface area contributed by atoms with Gasteiger partial charge in [0.2, 0.25) is 0 Å². The Labute approximate surface area is 183 Å². The molecular weight excluding hydrogens is 392 g/mol. The predicted octanol–water partition coefficient (Wildman–Crippen LogP) is 5.30. The van der Waals surface area contributed by atoms with Gasteiger partial charge in [0.15, 0.2) is 11.6 Å². The molecule has 164 valence electrons. The van der Waals surface area contributed by atoms with Gasteiger partial charge in [0.05, 0.1) is 4.92 Å². The predicted molar refractivity (Wildman–Crippen MR) is 118 cm³/mol. The molecule has 4 rings (SSSR count). The maximum atomic E-state index is 13.5. The zero-order valence-corrected chi connectivity index (χ0v) is 18.9. The molecule has 1 aromatic carbocycles. The van der Waals surface area contributed by atoms with Crippen molar-refractivity contribution in [3.63, 3.8) is 0 Å². The second-order valence-electron chi connectivity index (χ2n) is 10.6. The summed E-state index contributed by atoms with van der Waals surface area (Å²) in [4.78, 5) is 40.1. The van der Waals surface area contributed by atoms with Gasteiger partial charge < -0.3 is 4.90 Å². The molecule has 1 aliphatic heterocycles. The lowest BCUT2D eigenvalue weighted by atomic mass is 9.63. The van der Waals surface area contributed by atoms with Crippen LogP contribution in [-0.4, -0.2) is 27.9 Å². The van der Waals surface area contributed by atoms with Crippen LogP contribution in [0.1, 0.15) is 71.8 Å². The molecule has 0 saturated heterocycles. The van der Waals surface area contributed by atoms with E-state index in [1.54, 1.807) is 6.07 Å². The number of Topliss-reactive ketones (excluding diaryl/α,β-unsaturated/α-hetero) is 2. The van der Waals surface area contributed by atoms with Gasteiger partial charge in [0.25, 0.3) is 5.69 Å². The number of carbonyl (C=O) groups is 2. The second-order valence-corrected chi connectivity index (χ2v) is 10.6. The summed E-state index contributed by atoms with van der Waals surface area (Å²) in [5.41, 5.74) is 3.61. The van der Waals surface area contributed by atoms with E-state index in [4.69, 9.17) is 0 Å². The molecule has 31 heavy (non-hydrogen) atoms. The highest BCUT2D eigenvalue weighted by molar-refractivity contribution is 6.06. The van der Waals surface area contributed by atoms with E-state index in [9.17, 15) is 19.7 Å². The number of non-ortho nitro benzene ring substituents is 1.